The van der Waals surface area contributed by atoms with Crippen LogP contribution in [0.2, 0.25) is 0 Å². The molecule has 0 aliphatic rings. The number of unbranched alkanes of at least 4 members (excludes halogenated alkanes) is 30. The first kappa shape index (κ1) is 44.9. The van der Waals surface area contributed by atoms with Crippen LogP contribution in [0.15, 0.2) is 0 Å². The summed E-state index contributed by atoms with van der Waals surface area (Å²) in [4.78, 5) is 0. The molecule has 2 atom stereocenters. The maximum absolute atomic E-state index is 6.19. The number of hydrogen-bond acceptors (Lipinski definition) is 3. The van der Waals surface area contributed by atoms with Gasteiger partial charge in [0.05, 0.1) is 0 Å². The van der Waals surface area contributed by atoms with Crippen molar-refractivity contribution >= 4 is 0 Å². The van der Waals surface area contributed by atoms with Crippen molar-refractivity contribution in [1.82, 2.24) is 5.32 Å². The molecule has 0 saturated carbocycles. The predicted molar refractivity (Wildman–Crippen MR) is 202 cm³/mol. The molecule has 0 aromatic rings. The van der Waals surface area contributed by atoms with E-state index in [-0.39, 0.29) is 12.5 Å². The topological polar surface area (TPSA) is 30.5 Å². The van der Waals surface area contributed by atoms with Crippen LogP contribution in [0.5, 0.6) is 0 Å². The summed E-state index contributed by atoms with van der Waals surface area (Å²) in [5.74, 6) is 0. The van der Waals surface area contributed by atoms with E-state index in [0.29, 0.717) is 0 Å². The average molecular weight is 638 g/mol. The number of nitrogens with one attached hydrogen (secondary N) is 1. The number of hydrogen-bond donors (Lipinski definition) is 1. The van der Waals surface area contributed by atoms with Gasteiger partial charge in [0, 0.05) is 13.2 Å². The van der Waals surface area contributed by atoms with Crippen molar-refractivity contribution in [3.8, 4) is 0 Å². The first-order valence-electron chi connectivity index (χ1n) is 21.3. The van der Waals surface area contributed by atoms with Crippen LogP contribution in [0.1, 0.15) is 246 Å². The quantitative estimate of drug-likeness (QED) is 0.0535. The molecule has 0 aromatic heterocycles. The number of rotatable bonds is 40. The van der Waals surface area contributed by atoms with Crippen molar-refractivity contribution in [1.29, 1.82) is 0 Å². The Morgan fingerprint density at radius 1 is 0.289 bits per heavy atom. The zero-order valence-corrected chi connectivity index (χ0v) is 31.9. The molecule has 0 rings (SSSR count). The van der Waals surface area contributed by atoms with Crippen LogP contribution in [-0.4, -0.2) is 25.7 Å². The van der Waals surface area contributed by atoms with Gasteiger partial charge < -0.3 is 9.47 Å². The van der Waals surface area contributed by atoms with Gasteiger partial charge >= 0.3 is 0 Å². The first-order valence-corrected chi connectivity index (χ1v) is 21.3. The van der Waals surface area contributed by atoms with E-state index in [2.05, 4.69) is 33.0 Å². The molecule has 0 aliphatic carbocycles. The highest BCUT2D eigenvalue weighted by Gasteiger charge is 2.13. The fourth-order valence-corrected chi connectivity index (χ4v) is 6.53. The van der Waals surface area contributed by atoms with Crippen molar-refractivity contribution < 1.29 is 9.47 Å². The van der Waals surface area contributed by atoms with E-state index in [1.807, 2.05) is 0 Å². The molecule has 3 nitrogen and oxygen atoms in total. The van der Waals surface area contributed by atoms with E-state index in [0.717, 1.165) is 26.1 Å². The highest BCUT2D eigenvalue weighted by Crippen LogP contribution is 2.15. The van der Waals surface area contributed by atoms with Crippen LogP contribution in [0.3, 0.4) is 0 Å². The Bertz CT molecular complexity index is 469. The molecule has 1 N–H and O–H groups in total. The van der Waals surface area contributed by atoms with Crippen molar-refractivity contribution in [2.45, 2.75) is 258 Å². The second-order valence-electron chi connectivity index (χ2n) is 14.3. The van der Waals surface area contributed by atoms with Crippen molar-refractivity contribution in [2.75, 3.05) is 13.2 Å². The Balaban J connectivity index is 3.47. The lowest BCUT2D eigenvalue weighted by Crippen LogP contribution is -2.41. The summed E-state index contributed by atoms with van der Waals surface area (Å²) in [6.07, 6.45) is 47.4. The largest absolute Gasteiger partial charge is 0.363 e. The van der Waals surface area contributed by atoms with Gasteiger partial charge in [0.1, 0.15) is 12.5 Å². The maximum Gasteiger partial charge on any atom is 0.109 e. The van der Waals surface area contributed by atoms with Gasteiger partial charge in [-0.2, -0.15) is 0 Å². The summed E-state index contributed by atoms with van der Waals surface area (Å²) in [6, 6.07) is 0. The zero-order chi connectivity index (χ0) is 32.7. The molecular formula is C42H87NO2. The van der Waals surface area contributed by atoms with Crippen molar-refractivity contribution in [2.24, 2.45) is 0 Å². The second kappa shape index (κ2) is 40.1. The van der Waals surface area contributed by atoms with E-state index < -0.39 is 0 Å². The van der Waals surface area contributed by atoms with Gasteiger partial charge in [-0.05, 0) is 25.7 Å². The fourth-order valence-electron chi connectivity index (χ4n) is 6.53. The van der Waals surface area contributed by atoms with Gasteiger partial charge in [0.25, 0.3) is 0 Å². The Morgan fingerprint density at radius 3 is 0.689 bits per heavy atom. The minimum atomic E-state index is 0.122. The maximum atomic E-state index is 6.19. The molecule has 0 aliphatic heterocycles. The summed E-state index contributed by atoms with van der Waals surface area (Å²) in [6.45, 7) is 10.8. The van der Waals surface area contributed by atoms with Crippen molar-refractivity contribution in [3.63, 3.8) is 0 Å². The molecule has 0 amide bonds. The molecule has 3 heteroatoms. The lowest BCUT2D eigenvalue weighted by Gasteiger charge is -2.25. The van der Waals surface area contributed by atoms with Gasteiger partial charge in [-0.25, -0.2) is 0 Å². The molecule has 0 saturated heterocycles. The highest BCUT2D eigenvalue weighted by atomic mass is 16.5. The zero-order valence-electron chi connectivity index (χ0n) is 31.9. The smallest absolute Gasteiger partial charge is 0.109 e. The second-order valence-corrected chi connectivity index (χ2v) is 14.3. The Kier molecular flexibility index (Phi) is 39.9. The molecule has 0 aromatic carbocycles. The minimum absolute atomic E-state index is 0.122. The van der Waals surface area contributed by atoms with E-state index in [9.17, 15) is 0 Å². The van der Waals surface area contributed by atoms with E-state index in [4.69, 9.17) is 9.47 Å². The molecule has 45 heavy (non-hydrogen) atoms. The van der Waals surface area contributed by atoms with E-state index >= 15 is 0 Å². The van der Waals surface area contributed by atoms with Crippen LogP contribution in [0.25, 0.3) is 0 Å². The molecule has 0 fully saturated rings. The number of ether oxygens (including phenoxy) is 2. The molecule has 0 radical (unpaired) electrons. The Hall–Kier alpha value is -0.120. The standard InChI is InChI=1S/C42H87NO2/c1-5-9-11-13-15-17-19-21-23-25-27-29-31-33-35-37-39-44-41(7-3)43-42(8-4)45-40-38-36-34-32-30-28-26-24-22-20-18-16-14-12-10-6-2/h41-43H,5-40H2,1-4H3. The van der Waals surface area contributed by atoms with Crippen LogP contribution >= 0.6 is 0 Å². The molecule has 0 bridgehead atoms. The summed E-state index contributed by atoms with van der Waals surface area (Å²) in [7, 11) is 0. The summed E-state index contributed by atoms with van der Waals surface area (Å²) in [5, 5.41) is 3.62. The lowest BCUT2D eigenvalue weighted by molar-refractivity contribution is -0.0493. The Labute approximate surface area is 285 Å². The van der Waals surface area contributed by atoms with Gasteiger partial charge in [0.15, 0.2) is 0 Å². The molecule has 272 valence electrons. The monoisotopic (exact) mass is 638 g/mol. The minimum Gasteiger partial charge on any atom is -0.363 e. The summed E-state index contributed by atoms with van der Waals surface area (Å²) in [5.41, 5.74) is 0. The van der Waals surface area contributed by atoms with Crippen LogP contribution < -0.4 is 5.32 Å². The summed E-state index contributed by atoms with van der Waals surface area (Å²) < 4.78 is 12.4. The van der Waals surface area contributed by atoms with Crippen LogP contribution in [0, 0.1) is 0 Å². The van der Waals surface area contributed by atoms with Gasteiger partial charge in [-0.3, -0.25) is 5.32 Å². The third-order valence-electron chi connectivity index (χ3n) is 9.75. The van der Waals surface area contributed by atoms with E-state index in [1.165, 1.54) is 205 Å². The Morgan fingerprint density at radius 2 is 0.489 bits per heavy atom. The normalized spacial score (nSPS) is 13.1. The van der Waals surface area contributed by atoms with Gasteiger partial charge in [-0.1, -0.05) is 220 Å². The molecule has 0 spiro atoms. The molecule has 2 unspecified atom stereocenters. The molecular weight excluding hydrogens is 550 g/mol. The van der Waals surface area contributed by atoms with E-state index in [1.54, 1.807) is 0 Å². The lowest BCUT2D eigenvalue weighted by atomic mass is 10.0. The van der Waals surface area contributed by atoms with Gasteiger partial charge in [-0.15, -0.1) is 0 Å². The predicted octanol–water partition coefficient (Wildman–Crippen LogP) is 14.6. The third-order valence-corrected chi connectivity index (χ3v) is 9.75. The van der Waals surface area contributed by atoms with Gasteiger partial charge in [0.2, 0.25) is 0 Å². The third kappa shape index (κ3) is 36.6. The fraction of sp³-hybridized carbons (Fsp3) is 1.00. The van der Waals surface area contributed by atoms with Crippen LogP contribution in [0.4, 0.5) is 0 Å². The van der Waals surface area contributed by atoms with Crippen molar-refractivity contribution in [3.05, 3.63) is 0 Å². The van der Waals surface area contributed by atoms with Crippen LogP contribution in [-0.2, 0) is 9.47 Å². The first-order chi connectivity index (χ1) is 22.3. The molecule has 0 heterocycles. The summed E-state index contributed by atoms with van der Waals surface area (Å²) >= 11 is 0. The SMILES string of the molecule is CCCCCCCCCCCCCCCCCCOC(CC)NC(CC)OCCCCCCCCCCCCCCCCCC. The average Bonchev–Trinajstić information content (AvgIpc) is 3.06. The highest BCUT2D eigenvalue weighted by molar-refractivity contribution is 4.60.